The summed E-state index contributed by atoms with van der Waals surface area (Å²) in [6.45, 7) is 4.47. The number of nitrogen functional groups attached to an aromatic ring is 1. The highest BCUT2D eigenvalue weighted by Gasteiger charge is 2.25. The van der Waals surface area contributed by atoms with Gasteiger partial charge in [0, 0.05) is 11.8 Å². The molecule has 0 bridgehead atoms. The first-order chi connectivity index (χ1) is 15.4. The molecule has 1 aliphatic rings. The van der Waals surface area contributed by atoms with Crippen molar-refractivity contribution in [3.05, 3.63) is 46.8 Å². The maximum absolute atomic E-state index is 11.6. The van der Waals surface area contributed by atoms with Gasteiger partial charge in [0.05, 0.1) is 29.5 Å². The van der Waals surface area contributed by atoms with E-state index >= 15 is 0 Å². The summed E-state index contributed by atoms with van der Waals surface area (Å²) in [5.41, 5.74) is 6.98. The van der Waals surface area contributed by atoms with Crippen molar-refractivity contribution < 1.29 is 9.66 Å². The molecular weight excluding hydrogens is 412 g/mol. The van der Waals surface area contributed by atoms with Crippen LogP contribution in [-0.2, 0) is 0 Å². The third-order valence-corrected chi connectivity index (χ3v) is 5.45. The molecule has 1 saturated heterocycles. The molecule has 1 fully saturated rings. The lowest BCUT2D eigenvalue weighted by molar-refractivity contribution is -0.383. The third-order valence-electron chi connectivity index (χ3n) is 5.45. The van der Waals surface area contributed by atoms with Gasteiger partial charge < -0.3 is 20.7 Å². The van der Waals surface area contributed by atoms with Crippen molar-refractivity contribution in [1.29, 1.82) is 0 Å². The van der Waals surface area contributed by atoms with E-state index in [-0.39, 0.29) is 23.1 Å². The van der Waals surface area contributed by atoms with E-state index in [1.54, 1.807) is 30.5 Å². The molecular formula is C21H26N8O3. The number of aromatic nitrogens is 4. The Bertz CT molecular complexity index is 1090. The molecule has 3 N–H and O–H groups in total. The van der Waals surface area contributed by atoms with Crippen LogP contribution in [0.4, 0.5) is 23.1 Å². The standard InChI is InChI=1S/C21H26N8O3/c1-3-32-17-6-4-14(5-7-17)18-19(29(30)31)20(22)26-21(25-18)24-15-12-23-28(13-15)16-8-10-27(2)11-9-16/h4-7,12-13,16H,3,8-11H2,1-2H3,(H3,22,24,25,26). The van der Waals surface area contributed by atoms with Crippen LogP contribution in [0.5, 0.6) is 5.75 Å². The number of rotatable bonds is 7. The van der Waals surface area contributed by atoms with E-state index in [0.29, 0.717) is 29.6 Å². The van der Waals surface area contributed by atoms with E-state index in [1.165, 1.54) is 0 Å². The number of nitrogens with zero attached hydrogens (tertiary/aromatic N) is 6. The van der Waals surface area contributed by atoms with Crippen LogP contribution in [-0.4, -0.2) is 56.3 Å². The molecule has 3 heterocycles. The number of piperidine rings is 1. The number of nitrogens with two attached hydrogens (primary N) is 1. The Morgan fingerprint density at radius 2 is 1.97 bits per heavy atom. The highest BCUT2D eigenvalue weighted by molar-refractivity contribution is 5.78. The molecule has 1 aromatic carbocycles. The lowest BCUT2D eigenvalue weighted by Crippen LogP contribution is -2.31. The number of nitrogens with one attached hydrogen (secondary N) is 1. The number of nitro groups is 1. The molecule has 11 nitrogen and oxygen atoms in total. The summed E-state index contributed by atoms with van der Waals surface area (Å²) in [6.07, 6.45) is 5.64. The number of benzene rings is 1. The summed E-state index contributed by atoms with van der Waals surface area (Å²) in [5, 5.41) is 19.2. The first-order valence-corrected chi connectivity index (χ1v) is 10.5. The maximum atomic E-state index is 11.6. The fourth-order valence-electron chi connectivity index (χ4n) is 3.78. The monoisotopic (exact) mass is 438 g/mol. The van der Waals surface area contributed by atoms with Crippen LogP contribution in [0.25, 0.3) is 11.3 Å². The predicted octanol–water partition coefficient (Wildman–Crippen LogP) is 3.24. The van der Waals surface area contributed by atoms with Crippen molar-refractivity contribution in [3.8, 4) is 17.0 Å². The van der Waals surface area contributed by atoms with Gasteiger partial charge in [0.15, 0.2) is 5.69 Å². The van der Waals surface area contributed by atoms with Crippen molar-refractivity contribution in [3.63, 3.8) is 0 Å². The SMILES string of the molecule is CCOc1ccc(-c2nc(Nc3cnn(C4CCN(C)CC4)c3)nc(N)c2[N+](=O)[O-])cc1. The van der Waals surface area contributed by atoms with Gasteiger partial charge in [0.25, 0.3) is 0 Å². The van der Waals surface area contributed by atoms with Crippen LogP contribution in [0, 0.1) is 10.1 Å². The summed E-state index contributed by atoms with van der Waals surface area (Å²) in [5.74, 6) is 0.625. The second-order valence-corrected chi connectivity index (χ2v) is 7.71. The Morgan fingerprint density at radius 1 is 1.25 bits per heavy atom. The molecule has 0 amide bonds. The van der Waals surface area contributed by atoms with Crippen LogP contribution in [0.3, 0.4) is 0 Å². The van der Waals surface area contributed by atoms with Gasteiger partial charge in [-0.15, -0.1) is 0 Å². The van der Waals surface area contributed by atoms with E-state index in [4.69, 9.17) is 10.5 Å². The zero-order chi connectivity index (χ0) is 22.7. The molecule has 0 radical (unpaired) electrons. The van der Waals surface area contributed by atoms with Crippen LogP contribution in [0.1, 0.15) is 25.8 Å². The minimum atomic E-state index is -0.566. The summed E-state index contributed by atoms with van der Waals surface area (Å²) < 4.78 is 7.39. The van der Waals surface area contributed by atoms with E-state index in [2.05, 4.69) is 32.3 Å². The molecule has 32 heavy (non-hydrogen) atoms. The molecule has 0 spiro atoms. The van der Waals surface area contributed by atoms with Gasteiger partial charge in [0.2, 0.25) is 11.8 Å². The van der Waals surface area contributed by atoms with Crippen LogP contribution >= 0.6 is 0 Å². The van der Waals surface area contributed by atoms with Crippen LogP contribution < -0.4 is 15.8 Å². The number of anilines is 3. The normalized spacial score (nSPS) is 14.9. The number of hydrogen-bond acceptors (Lipinski definition) is 9. The van der Waals surface area contributed by atoms with E-state index < -0.39 is 4.92 Å². The Kier molecular flexibility index (Phi) is 6.17. The van der Waals surface area contributed by atoms with Gasteiger partial charge >= 0.3 is 5.69 Å². The second kappa shape index (κ2) is 9.18. The van der Waals surface area contributed by atoms with Crippen LogP contribution in [0.15, 0.2) is 36.7 Å². The first-order valence-electron chi connectivity index (χ1n) is 10.5. The molecule has 1 aliphatic heterocycles. The smallest absolute Gasteiger partial charge is 0.337 e. The Morgan fingerprint density at radius 3 is 2.62 bits per heavy atom. The van der Waals surface area contributed by atoms with Gasteiger partial charge in [0.1, 0.15) is 5.75 Å². The summed E-state index contributed by atoms with van der Waals surface area (Å²) >= 11 is 0. The highest BCUT2D eigenvalue weighted by Crippen LogP contribution is 2.34. The molecule has 2 aromatic heterocycles. The first kappa shape index (κ1) is 21.5. The van der Waals surface area contributed by atoms with E-state index in [0.717, 1.165) is 25.9 Å². The highest BCUT2D eigenvalue weighted by atomic mass is 16.6. The topological polar surface area (TPSA) is 137 Å². The molecule has 3 aromatic rings. The average molecular weight is 438 g/mol. The molecule has 4 rings (SSSR count). The molecule has 0 atom stereocenters. The average Bonchev–Trinajstić information content (AvgIpc) is 3.22. The lowest BCUT2D eigenvalue weighted by Gasteiger charge is -2.28. The van der Waals surface area contributed by atoms with Crippen LogP contribution in [0.2, 0.25) is 0 Å². The zero-order valence-corrected chi connectivity index (χ0v) is 18.1. The Hall–Kier alpha value is -3.73. The summed E-state index contributed by atoms with van der Waals surface area (Å²) in [4.78, 5) is 21.9. The van der Waals surface area contributed by atoms with E-state index in [1.807, 2.05) is 17.8 Å². The van der Waals surface area contributed by atoms with E-state index in [9.17, 15) is 10.1 Å². The van der Waals surface area contributed by atoms with Crippen molar-refractivity contribution >= 4 is 23.1 Å². The third kappa shape index (κ3) is 4.62. The predicted molar refractivity (Wildman–Crippen MR) is 121 cm³/mol. The molecule has 0 saturated carbocycles. The maximum Gasteiger partial charge on any atom is 0.337 e. The molecule has 168 valence electrons. The van der Waals surface area contributed by atoms with Crippen molar-refractivity contribution in [2.45, 2.75) is 25.8 Å². The minimum absolute atomic E-state index is 0.135. The van der Waals surface area contributed by atoms with Gasteiger partial charge in [-0.2, -0.15) is 10.1 Å². The molecule has 11 heteroatoms. The van der Waals surface area contributed by atoms with Gasteiger partial charge in [-0.05, 0) is 64.2 Å². The molecule has 0 aliphatic carbocycles. The fraction of sp³-hybridized carbons (Fsp3) is 0.381. The quantitative estimate of drug-likeness (QED) is 0.420. The largest absolute Gasteiger partial charge is 0.494 e. The van der Waals surface area contributed by atoms with Gasteiger partial charge in [-0.3, -0.25) is 14.8 Å². The van der Waals surface area contributed by atoms with Gasteiger partial charge in [-0.25, -0.2) is 4.98 Å². The summed E-state index contributed by atoms with van der Waals surface area (Å²) in [6, 6.07) is 7.23. The lowest BCUT2D eigenvalue weighted by atomic mass is 10.1. The minimum Gasteiger partial charge on any atom is -0.494 e. The second-order valence-electron chi connectivity index (χ2n) is 7.71. The Labute approximate surface area is 185 Å². The zero-order valence-electron chi connectivity index (χ0n) is 18.1. The van der Waals surface area contributed by atoms with Gasteiger partial charge in [-0.1, -0.05) is 0 Å². The fourth-order valence-corrected chi connectivity index (χ4v) is 3.78. The molecule has 0 unspecified atom stereocenters. The Balaban J connectivity index is 1.60. The van der Waals surface area contributed by atoms with Crippen molar-refractivity contribution in [1.82, 2.24) is 24.6 Å². The van der Waals surface area contributed by atoms with Crippen molar-refractivity contribution in [2.75, 3.05) is 37.8 Å². The number of ether oxygens (including phenoxy) is 1. The summed E-state index contributed by atoms with van der Waals surface area (Å²) in [7, 11) is 2.12. The van der Waals surface area contributed by atoms with Crippen molar-refractivity contribution in [2.24, 2.45) is 0 Å². The number of likely N-dealkylation sites (tertiary alicyclic amines) is 1. The number of hydrogen-bond donors (Lipinski definition) is 2.